The third-order valence-corrected chi connectivity index (χ3v) is 4.88. The van der Waals surface area contributed by atoms with Gasteiger partial charge in [-0.25, -0.2) is 0 Å². The lowest BCUT2D eigenvalue weighted by molar-refractivity contribution is 0.215. The van der Waals surface area contributed by atoms with E-state index in [9.17, 15) is 0 Å². The van der Waals surface area contributed by atoms with Crippen LogP contribution in [0.2, 0.25) is 0 Å². The van der Waals surface area contributed by atoms with Gasteiger partial charge in [-0.2, -0.15) is 0 Å². The summed E-state index contributed by atoms with van der Waals surface area (Å²) in [6.07, 6.45) is 11.4. The molecule has 2 aromatic rings. The first-order valence-electron chi connectivity index (χ1n) is 10.8. The van der Waals surface area contributed by atoms with Gasteiger partial charge in [0.25, 0.3) is 0 Å². The van der Waals surface area contributed by atoms with Crippen molar-refractivity contribution in [1.29, 1.82) is 0 Å². The molecule has 4 nitrogen and oxygen atoms in total. The van der Waals surface area contributed by atoms with E-state index in [0.29, 0.717) is 6.61 Å². The van der Waals surface area contributed by atoms with Crippen LogP contribution >= 0.6 is 0 Å². The molecular formula is C26H35NO3. The van der Waals surface area contributed by atoms with Crippen molar-refractivity contribution < 1.29 is 14.3 Å². The maximum atomic E-state index is 6.07. The van der Waals surface area contributed by atoms with Crippen molar-refractivity contribution in [2.24, 2.45) is 5.16 Å². The van der Waals surface area contributed by atoms with Crippen molar-refractivity contribution >= 4 is 6.21 Å². The maximum absolute atomic E-state index is 6.07. The van der Waals surface area contributed by atoms with E-state index in [-0.39, 0.29) is 0 Å². The van der Waals surface area contributed by atoms with Crippen LogP contribution in [0.4, 0.5) is 0 Å². The van der Waals surface area contributed by atoms with Gasteiger partial charge in [-0.05, 0) is 74.4 Å². The van der Waals surface area contributed by atoms with Crippen LogP contribution in [-0.4, -0.2) is 26.5 Å². The minimum Gasteiger partial charge on any atom is -0.493 e. The number of hydrogen-bond acceptors (Lipinski definition) is 4. The van der Waals surface area contributed by atoms with E-state index < -0.39 is 0 Å². The van der Waals surface area contributed by atoms with Crippen LogP contribution in [0.25, 0.3) is 0 Å². The highest BCUT2D eigenvalue weighted by molar-refractivity contribution is 5.79. The van der Waals surface area contributed by atoms with E-state index in [1.54, 1.807) is 13.3 Å². The molecule has 4 heteroatoms. The maximum Gasteiger partial charge on any atom is 0.125 e. The summed E-state index contributed by atoms with van der Waals surface area (Å²) in [6, 6.07) is 12.6. The molecule has 0 saturated heterocycles. The Hall–Kier alpha value is -2.75. The minimum absolute atomic E-state index is 0.598. The number of nitrogens with zero attached hydrogens (tertiary/aromatic N) is 1. The monoisotopic (exact) mass is 409 g/mol. The van der Waals surface area contributed by atoms with Crippen LogP contribution in [0, 0.1) is 13.8 Å². The van der Waals surface area contributed by atoms with Gasteiger partial charge in [0.2, 0.25) is 0 Å². The third kappa shape index (κ3) is 8.32. The Morgan fingerprint density at radius 1 is 0.933 bits per heavy atom. The quantitative estimate of drug-likeness (QED) is 0.166. The topological polar surface area (TPSA) is 40.0 Å². The van der Waals surface area contributed by atoms with Crippen molar-refractivity contribution in [2.45, 2.75) is 52.9 Å². The fourth-order valence-electron chi connectivity index (χ4n) is 3.36. The van der Waals surface area contributed by atoms with E-state index >= 15 is 0 Å². The number of benzene rings is 2. The summed E-state index contributed by atoms with van der Waals surface area (Å²) in [4.78, 5) is 4.74. The number of rotatable bonds is 13. The molecule has 0 fully saturated rings. The molecule has 0 spiro atoms. The van der Waals surface area contributed by atoms with Gasteiger partial charge >= 0.3 is 0 Å². The van der Waals surface area contributed by atoms with Crippen molar-refractivity contribution in [3.8, 4) is 11.5 Å². The van der Waals surface area contributed by atoms with Crippen LogP contribution < -0.4 is 9.47 Å². The molecule has 0 atom stereocenters. The predicted molar refractivity (Wildman–Crippen MR) is 125 cm³/mol. The van der Waals surface area contributed by atoms with Gasteiger partial charge in [0.05, 0.1) is 12.8 Å². The molecule has 0 unspecified atom stereocenters. The number of hydrogen-bond donors (Lipinski definition) is 0. The summed E-state index contributed by atoms with van der Waals surface area (Å²) < 4.78 is 11.8. The zero-order chi connectivity index (χ0) is 21.6. The minimum atomic E-state index is 0.598. The second kappa shape index (κ2) is 13.5. The van der Waals surface area contributed by atoms with Crippen LogP contribution in [0.1, 0.15) is 54.9 Å². The second-order valence-electron chi connectivity index (χ2n) is 7.44. The lowest BCUT2D eigenvalue weighted by atomic mass is 10.0. The fraction of sp³-hybridized carbons (Fsp3) is 0.423. The van der Waals surface area contributed by atoms with Crippen LogP contribution in [-0.2, 0) is 11.3 Å². The Morgan fingerprint density at radius 2 is 1.70 bits per heavy atom. The highest BCUT2D eigenvalue weighted by atomic mass is 16.6. The third-order valence-electron chi connectivity index (χ3n) is 4.88. The van der Waals surface area contributed by atoms with Crippen molar-refractivity contribution in [2.75, 3.05) is 20.3 Å². The average Bonchev–Trinajstić information content (AvgIpc) is 2.73. The smallest absolute Gasteiger partial charge is 0.125 e. The zero-order valence-corrected chi connectivity index (χ0v) is 18.8. The van der Waals surface area contributed by atoms with Gasteiger partial charge in [-0.1, -0.05) is 54.4 Å². The molecule has 0 saturated carbocycles. The van der Waals surface area contributed by atoms with Crippen molar-refractivity contribution in [3.05, 3.63) is 70.8 Å². The highest BCUT2D eigenvalue weighted by Gasteiger charge is 2.07. The van der Waals surface area contributed by atoms with E-state index in [0.717, 1.165) is 47.6 Å². The van der Waals surface area contributed by atoms with Gasteiger partial charge in [-0.3, -0.25) is 0 Å². The SMILES string of the molecule is C/C=C/COc1cc(C)c(OCCCCCCc2cccc(C=NOC)c2)c(C)c1. The van der Waals surface area contributed by atoms with Crippen LogP contribution in [0.3, 0.4) is 0 Å². The standard InChI is InChI=1S/C26H35NO3/c1-5-6-15-29-25-17-21(2)26(22(3)18-25)30-16-10-8-7-9-12-23-13-11-14-24(19-23)20-27-28-4/h5-6,11,13-14,17-20H,7-10,12,15-16H2,1-4H3/b6-5+,27-20?. The van der Waals surface area contributed by atoms with Crippen molar-refractivity contribution in [1.82, 2.24) is 0 Å². The van der Waals surface area contributed by atoms with Gasteiger partial charge < -0.3 is 14.3 Å². The first kappa shape index (κ1) is 23.5. The first-order valence-corrected chi connectivity index (χ1v) is 10.8. The van der Waals surface area contributed by atoms with E-state index in [1.165, 1.54) is 24.8 Å². The summed E-state index contributed by atoms with van der Waals surface area (Å²) in [5.41, 5.74) is 4.67. The lowest BCUT2D eigenvalue weighted by Gasteiger charge is -2.14. The molecule has 0 N–H and O–H groups in total. The fourth-order valence-corrected chi connectivity index (χ4v) is 3.36. The summed E-state index contributed by atoms with van der Waals surface area (Å²) in [5.74, 6) is 1.89. The molecule has 0 bridgehead atoms. The van der Waals surface area contributed by atoms with E-state index in [1.807, 2.05) is 25.1 Å². The molecule has 30 heavy (non-hydrogen) atoms. The van der Waals surface area contributed by atoms with Gasteiger partial charge in [0, 0.05) is 0 Å². The van der Waals surface area contributed by atoms with Crippen LogP contribution in [0.5, 0.6) is 11.5 Å². The van der Waals surface area contributed by atoms with E-state index in [4.69, 9.17) is 14.3 Å². The summed E-state index contributed by atoms with van der Waals surface area (Å²) in [5, 5.41) is 3.82. The Kier molecular flexibility index (Phi) is 10.6. The van der Waals surface area contributed by atoms with Gasteiger partial charge in [-0.15, -0.1) is 0 Å². The number of aryl methyl sites for hydroxylation is 3. The number of allylic oxidation sites excluding steroid dienone is 1. The molecule has 0 heterocycles. The molecule has 0 aliphatic heterocycles. The Balaban J connectivity index is 1.67. The van der Waals surface area contributed by atoms with Gasteiger partial charge in [0.1, 0.15) is 25.2 Å². The molecule has 0 amide bonds. The highest BCUT2D eigenvalue weighted by Crippen LogP contribution is 2.28. The predicted octanol–water partition coefficient (Wildman–Crippen LogP) is 6.42. The summed E-state index contributed by atoms with van der Waals surface area (Å²) in [7, 11) is 1.56. The Morgan fingerprint density at radius 3 is 2.43 bits per heavy atom. The zero-order valence-electron chi connectivity index (χ0n) is 18.8. The summed E-state index contributed by atoms with van der Waals surface area (Å²) >= 11 is 0. The van der Waals surface area contributed by atoms with E-state index in [2.05, 4.69) is 49.3 Å². The second-order valence-corrected chi connectivity index (χ2v) is 7.44. The largest absolute Gasteiger partial charge is 0.493 e. The summed E-state index contributed by atoms with van der Waals surface area (Å²) in [6.45, 7) is 7.50. The average molecular weight is 410 g/mol. The molecule has 2 rings (SSSR count). The molecule has 162 valence electrons. The molecule has 0 aliphatic rings. The van der Waals surface area contributed by atoms with Gasteiger partial charge in [0.15, 0.2) is 0 Å². The molecule has 2 aromatic carbocycles. The normalized spacial score (nSPS) is 11.3. The van der Waals surface area contributed by atoms with Crippen molar-refractivity contribution in [3.63, 3.8) is 0 Å². The number of ether oxygens (including phenoxy) is 2. The molecule has 0 aromatic heterocycles. The number of oxime groups is 1. The molecular weight excluding hydrogens is 374 g/mol. The molecule has 0 aliphatic carbocycles. The number of unbranched alkanes of at least 4 members (excludes halogenated alkanes) is 3. The van der Waals surface area contributed by atoms with Crippen LogP contribution in [0.15, 0.2) is 53.7 Å². The molecule has 0 radical (unpaired) electrons. The Bertz CT molecular complexity index is 804. The lowest BCUT2D eigenvalue weighted by Crippen LogP contribution is -2.02. The Labute approximate surface area is 181 Å². The first-order chi connectivity index (χ1) is 14.6.